The van der Waals surface area contributed by atoms with E-state index in [0.717, 1.165) is 12.0 Å². The average Bonchev–Trinajstić information content (AvgIpc) is 3.01. The number of carbonyl (C=O) groups is 3. The Kier molecular flexibility index (Phi) is 5.56. The maximum Gasteiger partial charge on any atom is 0.335 e. The summed E-state index contributed by atoms with van der Waals surface area (Å²) in [6.07, 6.45) is 2.06. The quantitative estimate of drug-likeness (QED) is 0.714. The maximum absolute atomic E-state index is 11.9. The molecular weight excluding hydrogens is 300 g/mol. The first-order valence-corrected chi connectivity index (χ1v) is 7.44. The fraction of sp³-hybridized carbons (Fsp3) is 0.438. The Hall–Kier alpha value is -2.57. The van der Waals surface area contributed by atoms with Gasteiger partial charge in [0.25, 0.3) is 0 Å². The Balaban J connectivity index is 1.75. The van der Waals surface area contributed by atoms with Crippen molar-refractivity contribution in [1.82, 2.24) is 10.6 Å². The van der Waals surface area contributed by atoms with Gasteiger partial charge in [-0.1, -0.05) is 12.1 Å². The van der Waals surface area contributed by atoms with Gasteiger partial charge in [-0.2, -0.15) is 0 Å². The normalized spacial score (nSPS) is 19.9. The molecule has 0 heterocycles. The minimum absolute atomic E-state index is 0.0338. The van der Waals surface area contributed by atoms with E-state index in [1.54, 1.807) is 12.1 Å². The van der Waals surface area contributed by atoms with Crippen LogP contribution >= 0.6 is 0 Å². The zero-order valence-corrected chi connectivity index (χ0v) is 12.9. The van der Waals surface area contributed by atoms with Crippen LogP contribution in [0.2, 0.25) is 0 Å². The number of amides is 2. The number of hydrogen-bond donors (Lipinski definition) is 3. The SMILES string of the molecule is COC(=O)[C@H]1CC[C@@H](NC(=O)NCc2ccc(C(=O)O)cc2)C1. The van der Waals surface area contributed by atoms with Crippen LogP contribution in [0.25, 0.3) is 0 Å². The van der Waals surface area contributed by atoms with Crippen LogP contribution in [0.3, 0.4) is 0 Å². The van der Waals surface area contributed by atoms with Gasteiger partial charge in [0, 0.05) is 12.6 Å². The van der Waals surface area contributed by atoms with Gasteiger partial charge in [0.05, 0.1) is 18.6 Å². The average molecular weight is 320 g/mol. The molecule has 2 amide bonds. The van der Waals surface area contributed by atoms with Crippen molar-refractivity contribution in [2.45, 2.75) is 31.8 Å². The van der Waals surface area contributed by atoms with Gasteiger partial charge in [-0.15, -0.1) is 0 Å². The van der Waals surface area contributed by atoms with Gasteiger partial charge >= 0.3 is 18.0 Å². The minimum atomic E-state index is -0.983. The van der Waals surface area contributed by atoms with Crippen LogP contribution in [-0.4, -0.2) is 36.2 Å². The highest BCUT2D eigenvalue weighted by atomic mass is 16.5. The summed E-state index contributed by atoms with van der Waals surface area (Å²) in [6, 6.07) is 5.97. The molecule has 0 aliphatic heterocycles. The van der Waals surface area contributed by atoms with Crippen molar-refractivity contribution < 1.29 is 24.2 Å². The number of nitrogens with one attached hydrogen (secondary N) is 2. The Bertz CT molecular complexity index is 585. The summed E-state index contributed by atoms with van der Waals surface area (Å²) < 4.78 is 4.71. The molecule has 1 saturated carbocycles. The Morgan fingerprint density at radius 1 is 1.22 bits per heavy atom. The summed E-state index contributed by atoms with van der Waals surface area (Å²) in [4.78, 5) is 34.1. The van der Waals surface area contributed by atoms with Crippen LogP contribution in [0, 0.1) is 5.92 Å². The van der Waals surface area contributed by atoms with Crippen LogP contribution in [-0.2, 0) is 16.1 Å². The molecule has 1 aliphatic carbocycles. The fourth-order valence-corrected chi connectivity index (χ4v) is 2.68. The number of esters is 1. The molecule has 2 rings (SSSR count). The number of ether oxygens (including phenoxy) is 1. The number of hydrogen-bond acceptors (Lipinski definition) is 4. The van der Waals surface area contributed by atoms with E-state index in [1.807, 2.05) is 0 Å². The first-order valence-electron chi connectivity index (χ1n) is 7.44. The number of carboxylic acid groups (broad SMARTS) is 1. The first kappa shape index (κ1) is 16.8. The molecule has 0 unspecified atom stereocenters. The smallest absolute Gasteiger partial charge is 0.335 e. The van der Waals surface area contributed by atoms with E-state index in [9.17, 15) is 14.4 Å². The second-order valence-electron chi connectivity index (χ2n) is 5.56. The van der Waals surface area contributed by atoms with Gasteiger partial charge in [0.1, 0.15) is 0 Å². The number of urea groups is 1. The van der Waals surface area contributed by atoms with E-state index < -0.39 is 5.97 Å². The Labute approximate surface area is 134 Å². The highest BCUT2D eigenvalue weighted by molar-refractivity contribution is 5.87. The molecule has 1 aromatic rings. The molecule has 3 N–H and O–H groups in total. The lowest BCUT2D eigenvalue weighted by Crippen LogP contribution is -2.40. The summed E-state index contributed by atoms with van der Waals surface area (Å²) in [5.41, 5.74) is 1.02. The molecule has 1 aliphatic rings. The highest BCUT2D eigenvalue weighted by Crippen LogP contribution is 2.26. The molecule has 1 aromatic carbocycles. The maximum atomic E-state index is 11.9. The van der Waals surface area contributed by atoms with Gasteiger partial charge in [0.15, 0.2) is 0 Å². The lowest BCUT2D eigenvalue weighted by Gasteiger charge is -2.14. The predicted octanol–water partition coefficient (Wildman–Crippen LogP) is 1.53. The van der Waals surface area contributed by atoms with Crippen molar-refractivity contribution in [2.75, 3.05) is 7.11 Å². The molecule has 0 saturated heterocycles. The zero-order chi connectivity index (χ0) is 16.8. The van der Waals surface area contributed by atoms with E-state index in [1.165, 1.54) is 19.2 Å². The van der Waals surface area contributed by atoms with Crippen molar-refractivity contribution >= 4 is 18.0 Å². The summed E-state index contributed by atoms with van der Waals surface area (Å²) in [7, 11) is 1.37. The molecule has 0 spiro atoms. The van der Waals surface area contributed by atoms with Gasteiger partial charge < -0.3 is 20.5 Å². The second kappa shape index (κ2) is 7.62. The number of aromatic carboxylic acids is 1. The van der Waals surface area contributed by atoms with Gasteiger partial charge in [-0.05, 0) is 37.0 Å². The summed E-state index contributed by atoms with van der Waals surface area (Å²) in [5, 5.41) is 14.4. The van der Waals surface area contributed by atoms with Crippen molar-refractivity contribution in [1.29, 1.82) is 0 Å². The van der Waals surface area contributed by atoms with Crippen molar-refractivity contribution in [2.24, 2.45) is 5.92 Å². The molecule has 0 bridgehead atoms. The lowest BCUT2D eigenvalue weighted by atomic mass is 10.1. The van der Waals surface area contributed by atoms with E-state index in [2.05, 4.69) is 10.6 Å². The van der Waals surface area contributed by atoms with Gasteiger partial charge in [0.2, 0.25) is 0 Å². The number of carbonyl (C=O) groups excluding carboxylic acids is 2. The van der Waals surface area contributed by atoms with E-state index in [4.69, 9.17) is 9.84 Å². The molecule has 7 nitrogen and oxygen atoms in total. The van der Waals surface area contributed by atoms with E-state index >= 15 is 0 Å². The lowest BCUT2D eigenvalue weighted by molar-refractivity contribution is -0.145. The highest BCUT2D eigenvalue weighted by Gasteiger charge is 2.31. The molecule has 1 fully saturated rings. The molecule has 124 valence electrons. The van der Waals surface area contributed by atoms with Gasteiger partial charge in [-0.3, -0.25) is 4.79 Å². The molecular formula is C16H20N2O5. The number of carboxylic acids is 1. The largest absolute Gasteiger partial charge is 0.478 e. The van der Waals surface area contributed by atoms with Crippen LogP contribution < -0.4 is 10.6 Å². The molecule has 0 aromatic heterocycles. The van der Waals surface area contributed by atoms with Crippen molar-refractivity contribution in [3.8, 4) is 0 Å². The van der Waals surface area contributed by atoms with Crippen molar-refractivity contribution in [3.05, 3.63) is 35.4 Å². The van der Waals surface area contributed by atoms with Crippen LogP contribution in [0.15, 0.2) is 24.3 Å². The Morgan fingerprint density at radius 2 is 1.91 bits per heavy atom. The van der Waals surface area contributed by atoms with Crippen LogP contribution in [0.5, 0.6) is 0 Å². The van der Waals surface area contributed by atoms with Crippen molar-refractivity contribution in [3.63, 3.8) is 0 Å². The number of methoxy groups -OCH3 is 1. The number of rotatable bonds is 5. The molecule has 23 heavy (non-hydrogen) atoms. The second-order valence-corrected chi connectivity index (χ2v) is 5.56. The fourth-order valence-electron chi connectivity index (χ4n) is 2.68. The molecule has 7 heteroatoms. The summed E-state index contributed by atoms with van der Waals surface area (Å²) in [6.45, 7) is 0.304. The third kappa shape index (κ3) is 4.70. The topological polar surface area (TPSA) is 105 Å². The predicted molar refractivity (Wildman–Crippen MR) is 81.9 cm³/mol. The zero-order valence-electron chi connectivity index (χ0n) is 12.9. The standard InChI is InChI=1S/C16H20N2O5/c1-23-15(21)12-6-7-13(8-12)18-16(22)17-9-10-2-4-11(5-3-10)14(19)20/h2-5,12-13H,6-9H2,1H3,(H,19,20)(H2,17,18,22)/t12-,13+/m0/s1. The first-order chi connectivity index (χ1) is 11.0. The minimum Gasteiger partial charge on any atom is -0.478 e. The summed E-state index contributed by atoms with van der Waals surface area (Å²) in [5.74, 6) is -1.36. The monoisotopic (exact) mass is 320 g/mol. The summed E-state index contributed by atoms with van der Waals surface area (Å²) >= 11 is 0. The molecule has 0 radical (unpaired) electrons. The third-order valence-electron chi connectivity index (χ3n) is 3.96. The third-order valence-corrected chi connectivity index (χ3v) is 3.96. The van der Waals surface area contributed by atoms with Crippen LogP contribution in [0.4, 0.5) is 4.79 Å². The van der Waals surface area contributed by atoms with E-state index in [-0.39, 0.29) is 29.5 Å². The van der Waals surface area contributed by atoms with Crippen LogP contribution in [0.1, 0.15) is 35.2 Å². The molecule has 2 atom stereocenters. The van der Waals surface area contributed by atoms with E-state index in [0.29, 0.717) is 19.4 Å². The Morgan fingerprint density at radius 3 is 2.52 bits per heavy atom. The number of benzene rings is 1. The van der Waals surface area contributed by atoms with Gasteiger partial charge in [-0.25, -0.2) is 9.59 Å².